The van der Waals surface area contributed by atoms with Crippen molar-refractivity contribution < 1.29 is 5.03 Å². The third-order valence-electron chi connectivity index (χ3n) is 1.52. The summed E-state index contributed by atoms with van der Waals surface area (Å²) in [6.45, 7) is 2.24. The SMILES string of the molecule is CCCCCN(N=O)C(N)=N[N+](=O)[O-]. The highest BCUT2D eigenvalue weighted by atomic mass is 16.7. The molecule has 0 saturated carbocycles. The van der Waals surface area contributed by atoms with Gasteiger partial charge in [-0.25, -0.2) is 10.1 Å². The zero-order valence-corrected chi connectivity index (χ0v) is 7.92. The van der Waals surface area contributed by atoms with Crippen LogP contribution in [0.15, 0.2) is 10.4 Å². The van der Waals surface area contributed by atoms with Crippen LogP contribution < -0.4 is 5.73 Å². The molecule has 14 heavy (non-hydrogen) atoms. The number of nitroso groups, excluding NO2 is 1. The molecule has 0 radical (unpaired) electrons. The fourth-order valence-electron chi connectivity index (χ4n) is 0.844. The highest BCUT2D eigenvalue weighted by Gasteiger charge is 2.11. The number of hydrogen-bond donors (Lipinski definition) is 1. The third-order valence-corrected chi connectivity index (χ3v) is 1.52. The molecule has 0 saturated heterocycles. The Morgan fingerprint density at radius 1 is 1.57 bits per heavy atom. The molecule has 0 aromatic heterocycles. The van der Waals surface area contributed by atoms with Crippen LogP contribution in [0.2, 0.25) is 0 Å². The van der Waals surface area contributed by atoms with Crippen molar-refractivity contribution in [2.45, 2.75) is 26.2 Å². The maximum absolute atomic E-state index is 10.2. The van der Waals surface area contributed by atoms with Gasteiger partial charge in [-0.1, -0.05) is 19.8 Å². The maximum Gasteiger partial charge on any atom is 0.291 e. The monoisotopic (exact) mass is 203 g/mol. The van der Waals surface area contributed by atoms with Crippen LogP contribution in [0.5, 0.6) is 0 Å². The maximum atomic E-state index is 10.2. The Morgan fingerprint density at radius 3 is 2.64 bits per heavy atom. The van der Waals surface area contributed by atoms with Crippen LogP contribution in [0, 0.1) is 15.0 Å². The molecule has 0 bridgehead atoms. The van der Waals surface area contributed by atoms with Crippen molar-refractivity contribution in [2.75, 3.05) is 6.54 Å². The molecule has 2 N–H and O–H groups in total. The van der Waals surface area contributed by atoms with E-state index in [0.717, 1.165) is 17.9 Å². The van der Waals surface area contributed by atoms with E-state index in [1.807, 2.05) is 6.92 Å². The number of guanidine groups is 1. The molecule has 0 aromatic carbocycles. The Bertz CT molecular complexity index is 230. The molecule has 0 aliphatic rings. The van der Waals surface area contributed by atoms with Crippen LogP contribution in [0.3, 0.4) is 0 Å². The van der Waals surface area contributed by atoms with E-state index in [4.69, 9.17) is 5.73 Å². The highest BCUT2D eigenvalue weighted by Crippen LogP contribution is 1.98. The molecular weight excluding hydrogens is 190 g/mol. The Morgan fingerprint density at radius 2 is 2.21 bits per heavy atom. The highest BCUT2D eigenvalue weighted by molar-refractivity contribution is 5.76. The predicted octanol–water partition coefficient (Wildman–Crippen LogP) is 0.666. The standard InChI is InChI=1S/C6H13N5O3/c1-2-3-4-5-10(9-12)6(7)8-11(13)14/h2-5H2,1H3,(H2,7,8). The summed E-state index contributed by atoms with van der Waals surface area (Å²) >= 11 is 0. The molecule has 0 heterocycles. The Labute approximate surface area is 80.8 Å². The van der Waals surface area contributed by atoms with Gasteiger partial charge in [0.05, 0.1) is 5.29 Å². The lowest BCUT2D eigenvalue weighted by atomic mass is 10.2. The molecule has 0 aromatic rings. The zero-order chi connectivity index (χ0) is 11.0. The van der Waals surface area contributed by atoms with Crippen molar-refractivity contribution in [3.63, 3.8) is 0 Å². The first-order valence-corrected chi connectivity index (χ1v) is 4.21. The summed E-state index contributed by atoms with van der Waals surface area (Å²) in [6, 6.07) is 0. The van der Waals surface area contributed by atoms with Crippen molar-refractivity contribution in [1.82, 2.24) is 5.01 Å². The summed E-state index contributed by atoms with van der Waals surface area (Å²) < 4.78 is 0. The average Bonchev–Trinajstić information content (AvgIpc) is 2.11. The lowest BCUT2D eigenvalue weighted by molar-refractivity contribution is -0.485. The van der Waals surface area contributed by atoms with E-state index in [1.54, 1.807) is 0 Å². The van der Waals surface area contributed by atoms with Crippen LogP contribution in [-0.4, -0.2) is 22.5 Å². The van der Waals surface area contributed by atoms with E-state index in [-0.39, 0.29) is 6.54 Å². The molecule has 0 rings (SSSR count). The number of rotatable bonds is 6. The molecule has 0 aliphatic carbocycles. The second-order valence-corrected chi connectivity index (χ2v) is 2.61. The van der Waals surface area contributed by atoms with Crippen molar-refractivity contribution in [1.29, 1.82) is 0 Å². The third kappa shape index (κ3) is 5.01. The van der Waals surface area contributed by atoms with Crippen LogP contribution >= 0.6 is 0 Å². The number of unbranched alkanes of at least 4 members (excludes halogenated alkanes) is 2. The van der Waals surface area contributed by atoms with Crippen LogP contribution in [0.25, 0.3) is 0 Å². The summed E-state index contributed by atoms with van der Waals surface area (Å²) in [7, 11) is 0. The molecule has 0 fully saturated rings. The Kier molecular flexibility index (Phi) is 5.92. The first-order chi connectivity index (χ1) is 6.61. The zero-order valence-electron chi connectivity index (χ0n) is 7.92. The molecule has 0 atom stereocenters. The van der Waals surface area contributed by atoms with E-state index in [1.165, 1.54) is 0 Å². The minimum atomic E-state index is -0.965. The van der Waals surface area contributed by atoms with Gasteiger partial charge in [0, 0.05) is 6.54 Å². The number of nitro groups is 1. The normalized spacial score (nSPS) is 11.1. The Hall–Kier alpha value is -1.73. The minimum Gasteiger partial charge on any atom is -0.363 e. The summed E-state index contributed by atoms with van der Waals surface area (Å²) in [5, 5.41) is 15.1. The van der Waals surface area contributed by atoms with Crippen molar-refractivity contribution in [3.8, 4) is 0 Å². The molecule has 0 spiro atoms. The van der Waals surface area contributed by atoms with Crippen LogP contribution in [0.1, 0.15) is 26.2 Å². The number of nitrogens with two attached hydrogens (primary N) is 1. The van der Waals surface area contributed by atoms with E-state index in [2.05, 4.69) is 10.4 Å². The first-order valence-electron chi connectivity index (χ1n) is 4.21. The summed E-state index contributed by atoms with van der Waals surface area (Å²) in [4.78, 5) is 20.1. The molecule has 8 heteroatoms. The second-order valence-electron chi connectivity index (χ2n) is 2.61. The molecule has 0 amide bonds. The number of hydrogen-bond acceptors (Lipinski definition) is 4. The van der Waals surface area contributed by atoms with Gasteiger partial charge in [0.1, 0.15) is 5.10 Å². The topological polar surface area (TPSA) is 114 Å². The van der Waals surface area contributed by atoms with Crippen molar-refractivity contribution >= 4 is 5.96 Å². The van der Waals surface area contributed by atoms with Crippen LogP contribution in [-0.2, 0) is 0 Å². The van der Waals surface area contributed by atoms with E-state index in [0.29, 0.717) is 6.42 Å². The first kappa shape index (κ1) is 12.3. The summed E-state index contributed by atoms with van der Waals surface area (Å²) in [5.74, 6) is -0.485. The lowest BCUT2D eigenvalue weighted by Crippen LogP contribution is -2.34. The van der Waals surface area contributed by atoms with Gasteiger partial charge in [0.2, 0.25) is 0 Å². The Balaban J connectivity index is 4.12. The fraction of sp³-hybridized carbons (Fsp3) is 0.833. The molecule has 0 unspecified atom stereocenters. The van der Waals surface area contributed by atoms with Gasteiger partial charge in [-0.05, 0) is 6.42 Å². The van der Waals surface area contributed by atoms with Gasteiger partial charge < -0.3 is 5.73 Å². The van der Waals surface area contributed by atoms with Crippen molar-refractivity contribution in [3.05, 3.63) is 15.0 Å². The van der Waals surface area contributed by atoms with E-state index >= 15 is 0 Å². The van der Waals surface area contributed by atoms with E-state index < -0.39 is 11.0 Å². The van der Waals surface area contributed by atoms with Gasteiger partial charge in [-0.2, -0.15) is 5.01 Å². The summed E-state index contributed by atoms with van der Waals surface area (Å²) in [5.41, 5.74) is 5.15. The summed E-state index contributed by atoms with van der Waals surface area (Å²) in [6.07, 6.45) is 2.56. The predicted molar refractivity (Wildman–Crippen MR) is 50.6 cm³/mol. The minimum absolute atomic E-state index is 0.251. The largest absolute Gasteiger partial charge is 0.363 e. The molecule has 8 nitrogen and oxygen atoms in total. The van der Waals surface area contributed by atoms with Crippen molar-refractivity contribution in [2.24, 2.45) is 16.1 Å². The van der Waals surface area contributed by atoms with Gasteiger partial charge in [0.15, 0.2) is 5.03 Å². The van der Waals surface area contributed by atoms with Crippen LogP contribution in [0.4, 0.5) is 0 Å². The van der Waals surface area contributed by atoms with Gasteiger partial charge in [-0.3, -0.25) is 0 Å². The second kappa shape index (κ2) is 6.75. The molecular formula is C6H13N5O3. The van der Waals surface area contributed by atoms with Gasteiger partial charge in [0.25, 0.3) is 5.96 Å². The quantitative estimate of drug-likeness (QED) is 0.170. The average molecular weight is 203 g/mol. The number of nitrogens with zero attached hydrogens (tertiary/aromatic N) is 4. The van der Waals surface area contributed by atoms with Gasteiger partial charge in [-0.15, -0.1) is 4.91 Å². The fourth-order valence-corrected chi connectivity index (χ4v) is 0.844. The van der Waals surface area contributed by atoms with E-state index in [9.17, 15) is 15.0 Å². The lowest BCUT2D eigenvalue weighted by Gasteiger charge is -2.10. The smallest absolute Gasteiger partial charge is 0.291 e. The van der Waals surface area contributed by atoms with Gasteiger partial charge >= 0.3 is 0 Å². The number of hydrazone groups is 1. The molecule has 80 valence electrons. The molecule has 0 aliphatic heterocycles.